The highest BCUT2D eigenvalue weighted by molar-refractivity contribution is 7.12. The van der Waals surface area contributed by atoms with Gasteiger partial charge in [-0.3, -0.25) is 9.59 Å². The molecule has 1 saturated heterocycles. The predicted molar refractivity (Wildman–Crippen MR) is 92.8 cm³/mol. The summed E-state index contributed by atoms with van der Waals surface area (Å²) in [6, 6.07) is 3.74. The second-order valence-electron chi connectivity index (χ2n) is 5.99. The molecule has 2 aromatic heterocycles. The van der Waals surface area contributed by atoms with Gasteiger partial charge < -0.3 is 14.8 Å². The lowest BCUT2D eigenvalue weighted by molar-refractivity contribution is -0.126. The van der Waals surface area contributed by atoms with Gasteiger partial charge in [0, 0.05) is 44.5 Å². The summed E-state index contributed by atoms with van der Waals surface area (Å²) < 4.78 is 2.00. The minimum absolute atomic E-state index is 0.0191. The van der Waals surface area contributed by atoms with Gasteiger partial charge in [-0.05, 0) is 30.7 Å². The molecule has 24 heavy (non-hydrogen) atoms. The Morgan fingerprint density at radius 3 is 2.83 bits per heavy atom. The average molecular weight is 346 g/mol. The van der Waals surface area contributed by atoms with Crippen molar-refractivity contribution in [3.63, 3.8) is 0 Å². The lowest BCUT2D eigenvalue weighted by Crippen LogP contribution is -2.43. The van der Waals surface area contributed by atoms with Crippen molar-refractivity contribution in [2.24, 2.45) is 5.92 Å². The molecular weight excluding hydrogens is 324 g/mol. The number of aryl methyl sites for hydroxylation is 1. The van der Waals surface area contributed by atoms with E-state index in [0.717, 1.165) is 30.7 Å². The fourth-order valence-electron chi connectivity index (χ4n) is 2.94. The van der Waals surface area contributed by atoms with Crippen molar-refractivity contribution in [3.05, 3.63) is 41.1 Å². The number of imidazole rings is 1. The molecule has 128 valence electrons. The molecule has 3 rings (SSSR count). The van der Waals surface area contributed by atoms with Crippen molar-refractivity contribution in [2.45, 2.75) is 25.8 Å². The molecule has 0 radical (unpaired) electrons. The van der Waals surface area contributed by atoms with Crippen LogP contribution in [0.15, 0.2) is 36.2 Å². The summed E-state index contributed by atoms with van der Waals surface area (Å²) in [6.07, 6.45) is 7.82. The zero-order valence-corrected chi connectivity index (χ0v) is 14.4. The van der Waals surface area contributed by atoms with Crippen molar-refractivity contribution in [1.82, 2.24) is 19.8 Å². The number of amides is 2. The second kappa shape index (κ2) is 8.10. The molecule has 0 atom stereocenters. The maximum atomic E-state index is 12.3. The van der Waals surface area contributed by atoms with E-state index in [0.29, 0.717) is 19.6 Å². The first-order valence-corrected chi connectivity index (χ1v) is 9.18. The zero-order chi connectivity index (χ0) is 16.8. The van der Waals surface area contributed by atoms with Crippen molar-refractivity contribution in [2.75, 3.05) is 19.6 Å². The summed E-state index contributed by atoms with van der Waals surface area (Å²) in [6.45, 7) is 2.84. The van der Waals surface area contributed by atoms with Crippen LogP contribution in [0.4, 0.5) is 0 Å². The molecule has 0 saturated carbocycles. The summed E-state index contributed by atoms with van der Waals surface area (Å²) in [5, 5.41) is 4.93. The number of carbonyl (C=O) groups is 2. The molecule has 1 aliphatic rings. The minimum Gasteiger partial charge on any atom is -0.356 e. The van der Waals surface area contributed by atoms with E-state index in [-0.39, 0.29) is 17.7 Å². The topological polar surface area (TPSA) is 67.2 Å². The number of hydrogen-bond donors (Lipinski definition) is 1. The van der Waals surface area contributed by atoms with Gasteiger partial charge in [0.2, 0.25) is 5.91 Å². The van der Waals surface area contributed by atoms with Crippen LogP contribution in [0.2, 0.25) is 0 Å². The Morgan fingerprint density at radius 2 is 2.17 bits per heavy atom. The SMILES string of the molecule is O=C(NCCCn1ccnc1)C1CCN(C(=O)c2cccs2)CC1. The van der Waals surface area contributed by atoms with E-state index in [1.54, 1.807) is 12.5 Å². The number of piperidine rings is 1. The van der Waals surface area contributed by atoms with Crippen LogP contribution in [0.5, 0.6) is 0 Å². The minimum atomic E-state index is 0.0191. The molecule has 2 amide bonds. The number of aromatic nitrogens is 2. The Labute approximate surface area is 145 Å². The third-order valence-electron chi connectivity index (χ3n) is 4.34. The first-order chi connectivity index (χ1) is 11.7. The predicted octanol–water partition coefficient (Wildman–Crippen LogP) is 2.00. The maximum absolute atomic E-state index is 12.3. The molecule has 0 spiro atoms. The highest BCUT2D eigenvalue weighted by atomic mass is 32.1. The zero-order valence-electron chi connectivity index (χ0n) is 13.6. The van der Waals surface area contributed by atoms with Crippen LogP contribution in [0.1, 0.15) is 28.9 Å². The highest BCUT2D eigenvalue weighted by Crippen LogP contribution is 2.20. The molecule has 0 unspecified atom stereocenters. The number of likely N-dealkylation sites (tertiary alicyclic amines) is 1. The smallest absolute Gasteiger partial charge is 0.263 e. The van der Waals surface area contributed by atoms with E-state index in [4.69, 9.17) is 0 Å². The summed E-state index contributed by atoms with van der Waals surface area (Å²) in [4.78, 5) is 31.1. The van der Waals surface area contributed by atoms with E-state index >= 15 is 0 Å². The molecule has 1 aliphatic heterocycles. The Morgan fingerprint density at radius 1 is 1.33 bits per heavy atom. The molecule has 1 fully saturated rings. The Kier molecular flexibility index (Phi) is 5.63. The summed E-state index contributed by atoms with van der Waals surface area (Å²) in [7, 11) is 0. The average Bonchev–Trinajstić information content (AvgIpc) is 3.31. The first-order valence-electron chi connectivity index (χ1n) is 8.30. The number of thiophene rings is 1. The lowest BCUT2D eigenvalue weighted by atomic mass is 9.95. The van der Waals surface area contributed by atoms with Gasteiger partial charge in [0.05, 0.1) is 11.2 Å². The first kappa shape index (κ1) is 16.7. The van der Waals surface area contributed by atoms with Crippen LogP contribution in [0.3, 0.4) is 0 Å². The molecular formula is C17H22N4O2S. The van der Waals surface area contributed by atoms with Crippen molar-refractivity contribution < 1.29 is 9.59 Å². The van der Waals surface area contributed by atoms with Gasteiger partial charge in [0.1, 0.15) is 0 Å². The third kappa shape index (κ3) is 4.23. The molecule has 1 N–H and O–H groups in total. The molecule has 6 nitrogen and oxygen atoms in total. The summed E-state index contributed by atoms with van der Waals surface area (Å²) >= 11 is 1.47. The summed E-state index contributed by atoms with van der Waals surface area (Å²) in [5.41, 5.74) is 0. The van der Waals surface area contributed by atoms with E-state index in [9.17, 15) is 9.59 Å². The quantitative estimate of drug-likeness (QED) is 0.814. The van der Waals surface area contributed by atoms with Crippen LogP contribution < -0.4 is 5.32 Å². The van der Waals surface area contributed by atoms with E-state index in [2.05, 4.69) is 10.3 Å². The van der Waals surface area contributed by atoms with Gasteiger partial charge in [-0.15, -0.1) is 11.3 Å². The van der Waals surface area contributed by atoms with E-state index < -0.39 is 0 Å². The largest absolute Gasteiger partial charge is 0.356 e. The number of hydrogen-bond acceptors (Lipinski definition) is 4. The highest BCUT2D eigenvalue weighted by Gasteiger charge is 2.27. The molecule has 0 bridgehead atoms. The lowest BCUT2D eigenvalue weighted by Gasteiger charge is -2.31. The van der Waals surface area contributed by atoms with Crippen LogP contribution in [0, 0.1) is 5.92 Å². The molecule has 2 aromatic rings. The number of carbonyl (C=O) groups excluding carboxylic acids is 2. The normalized spacial score (nSPS) is 15.4. The van der Waals surface area contributed by atoms with Gasteiger partial charge in [-0.1, -0.05) is 6.07 Å². The van der Waals surface area contributed by atoms with Gasteiger partial charge in [0.25, 0.3) is 5.91 Å². The van der Waals surface area contributed by atoms with Gasteiger partial charge in [0.15, 0.2) is 0 Å². The Hall–Kier alpha value is -2.15. The van der Waals surface area contributed by atoms with E-state index in [1.165, 1.54) is 11.3 Å². The Bertz CT molecular complexity index is 646. The van der Waals surface area contributed by atoms with Crippen molar-refractivity contribution in [1.29, 1.82) is 0 Å². The molecule has 7 heteroatoms. The number of nitrogens with zero attached hydrogens (tertiary/aromatic N) is 3. The van der Waals surface area contributed by atoms with Crippen LogP contribution in [-0.2, 0) is 11.3 Å². The Balaban J connectivity index is 1.36. The van der Waals surface area contributed by atoms with E-state index in [1.807, 2.05) is 33.2 Å². The standard InChI is InChI=1S/C17H22N4O2S/c22-16(19-6-2-8-20-11-7-18-13-20)14-4-9-21(10-5-14)17(23)15-3-1-12-24-15/h1,3,7,11-14H,2,4-6,8-10H2,(H,19,22). The number of nitrogens with one attached hydrogen (secondary N) is 1. The van der Waals surface area contributed by atoms with Crippen LogP contribution in [-0.4, -0.2) is 45.9 Å². The molecule has 0 aromatic carbocycles. The third-order valence-corrected chi connectivity index (χ3v) is 5.19. The fraction of sp³-hybridized carbons (Fsp3) is 0.471. The molecule has 3 heterocycles. The van der Waals surface area contributed by atoms with Gasteiger partial charge in [-0.2, -0.15) is 0 Å². The van der Waals surface area contributed by atoms with Crippen molar-refractivity contribution in [3.8, 4) is 0 Å². The van der Waals surface area contributed by atoms with Gasteiger partial charge in [-0.25, -0.2) is 4.98 Å². The van der Waals surface area contributed by atoms with Gasteiger partial charge >= 0.3 is 0 Å². The van der Waals surface area contributed by atoms with Crippen LogP contribution >= 0.6 is 11.3 Å². The molecule has 0 aliphatic carbocycles. The number of rotatable bonds is 6. The second-order valence-corrected chi connectivity index (χ2v) is 6.94. The summed E-state index contributed by atoms with van der Waals surface area (Å²) in [5.74, 6) is 0.221. The maximum Gasteiger partial charge on any atom is 0.263 e. The van der Waals surface area contributed by atoms with Crippen molar-refractivity contribution >= 4 is 23.2 Å². The van der Waals surface area contributed by atoms with Crippen LogP contribution in [0.25, 0.3) is 0 Å². The fourth-order valence-corrected chi connectivity index (χ4v) is 3.63. The monoisotopic (exact) mass is 346 g/mol.